The lowest BCUT2D eigenvalue weighted by Crippen LogP contribution is -2.52. The molecule has 1 atom stereocenters. The SMILES string of the molecule is COC(=S)NCc1cn(-c2cc(F)c(N3CCN(C(=O)CN4CCC[C@H]4CO)CC3)c(F)c2)nn1. The van der Waals surface area contributed by atoms with E-state index in [-0.39, 0.29) is 48.2 Å². The fourth-order valence-corrected chi connectivity index (χ4v) is 4.56. The Balaban J connectivity index is 1.37. The topological polar surface area (TPSA) is 99.0 Å². The lowest BCUT2D eigenvalue weighted by atomic mass is 10.2. The summed E-state index contributed by atoms with van der Waals surface area (Å²) in [6.07, 6.45) is 3.40. The van der Waals surface area contributed by atoms with Gasteiger partial charge in [0, 0.05) is 44.4 Å². The Kier molecular flexibility index (Phi) is 8.08. The van der Waals surface area contributed by atoms with Crippen molar-refractivity contribution in [3.8, 4) is 5.69 Å². The number of piperazine rings is 1. The smallest absolute Gasteiger partial charge is 0.256 e. The third-order valence-corrected chi connectivity index (χ3v) is 6.71. The van der Waals surface area contributed by atoms with Gasteiger partial charge in [-0.05, 0) is 31.6 Å². The summed E-state index contributed by atoms with van der Waals surface area (Å²) in [7, 11) is 1.44. The highest BCUT2D eigenvalue weighted by molar-refractivity contribution is 7.80. The van der Waals surface area contributed by atoms with Crippen LogP contribution in [0.25, 0.3) is 5.69 Å². The number of benzene rings is 1. The monoisotopic (exact) mass is 509 g/mol. The van der Waals surface area contributed by atoms with Gasteiger partial charge in [-0.25, -0.2) is 13.5 Å². The van der Waals surface area contributed by atoms with Gasteiger partial charge in [-0.3, -0.25) is 9.69 Å². The van der Waals surface area contributed by atoms with Gasteiger partial charge >= 0.3 is 0 Å². The average molecular weight is 510 g/mol. The van der Waals surface area contributed by atoms with Gasteiger partial charge in [0.15, 0.2) is 11.6 Å². The number of likely N-dealkylation sites (tertiary alicyclic amines) is 1. The Morgan fingerprint density at radius 3 is 2.60 bits per heavy atom. The molecule has 0 radical (unpaired) electrons. The molecule has 0 unspecified atom stereocenters. The Labute approximate surface area is 207 Å². The first-order valence-electron chi connectivity index (χ1n) is 11.5. The number of hydrogen-bond acceptors (Lipinski definition) is 8. The van der Waals surface area contributed by atoms with E-state index >= 15 is 0 Å². The van der Waals surface area contributed by atoms with Crippen molar-refractivity contribution < 1.29 is 23.4 Å². The van der Waals surface area contributed by atoms with Crippen LogP contribution in [0.3, 0.4) is 0 Å². The van der Waals surface area contributed by atoms with Crippen LogP contribution in [0, 0.1) is 11.6 Å². The number of aliphatic hydroxyl groups is 1. The molecule has 35 heavy (non-hydrogen) atoms. The standard InChI is InChI=1S/C22H29F2N7O3S/c1-34-22(35)25-11-15-12-31(27-26-15)17-9-18(23)21(19(24)10-17)29-7-5-28(6-8-29)20(33)13-30-4-2-3-16(30)14-32/h9-10,12,16,32H,2-8,11,13-14H2,1H3,(H,25,35)/t16-/m0/s1. The number of hydrogen-bond donors (Lipinski definition) is 2. The highest BCUT2D eigenvalue weighted by Gasteiger charge is 2.30. The minimum Gasteiger partial charge on any atom is -0.474 e. The Bertz CT molecular complexity index is 1040. The van der Waals surface area contributed by atoms with Gasteiger partial charge in [0.1, 0.15) is 11.4 Å². The Morgan fingerprint density at radius 2 is 1.94 bits per heavy atom. The maximum atomic E-state index is 15.0. The maximum Gasteiger partial charge on any atom is 0.256 e. The highest BCUT2D eigenvalue weighted by Crippen LogP contribution is 2.27. The molecule has 13 heteroatoms. The molecule has 190 valence electrons. The molecular formula is C22H29F2N7O3S. The minimum atomic E-state index is -0.710. The molecule has 1 amide bonds. The second-order valence-corrected chi connectivity index (χ2v) is 8.95. The number of ether oxygens (including phenoxy) is 1. The summed E-state index contributed by atoms with van der Waals surface area (Å²) < 4.78 is 36.1. The van der Waals surface area contributed by atoms with Gasteiger partial charge in [-0.2, -0.15) is 0 Å². The number of anilines is 1. The van der Waals surface area contributed by atoms with Crippen molar-refractivity contribution in [3.63, 3.8) is 0 Å². The van der Waals surface area contributed by atoms with Crippen molar-refractivity contribution in [2.24, 2.45) is 0 Å². The number of carbonyl (C=O) groups is 1. The predicted octanol–water partition coefficient (Wildman–Crippen LogP) is 0.672. The van der Waals surface area contributed by atoms with Gasteiger partial charge in [-0.1, -0.05) is 5.21 Å². The van der Waals surface area contributed by atoms with Crippen LogP contribution < -0.4 is 10.2 Å². The molecule has 1 aromatic carbocycles. The van der Waals surface area contributed by atoms with Crippen molar-refractivity contribution in [3.05, 3.63) is 35.7 Å². The average Bonchev–Trinajstić information content (AvgIpc) is 3.51. The van der Waals surface area contributed by atoms with Gasteiger partial charge in [-0.15, -0.1) is 5.10 Å². The molecule has 2 aromatic rings. The molecule has 0 aliphatic carbocycles. The molecule has 1 aromatic heterocycles. The first kappa shape index (κ1) is 25.2. The molecule has 2 aliphatic rings. The highest BCUT2D eigenvalue weighted by atomic mass is 32.1. The van der Waals surface area contributed by atoms with E-state index in [0.29, 0.717) is 31.9 Å². The normalized spacial score (nSPS) is 18.7. The molecule has 2 N–H and O–H groups in total. The number of thiocarbonyl (C=S) groups is 1. The van der Waals surface area contributed by atoms with E-state index in [2.05, 4.69) is 15.6 Å². The van der Waals surface area contributed by atoms with Crippen LogP contribution in [0.2, 0.25) is 0 Å². The summed E-state index contributed by atoms with van der Waals surface area (Å²) in [5.74, 6) is -1.44. The molecule has 0 saturated carbocycles. The minimum absolute atomic E-state index is 0.0240. The number of aliphatic hydroxyl groups excluding tert-OH is 1. The van der Waals surface area contributed by atoms with Crippen LogP contribution in [-0.2, 0) is 16.1 Å². The number of halogens is 2. The summed E-state index contributed by atoms with van der Waals surface area (Å²) in [6, 6.07) is 2.45. The van der Waals surface area contributed by atoms with Crippen molar-refractivity contribution in [1.82, 2.24) is 30.1 Å². The van der Waals surface area contributed by atoms with Gasteiger partial charge in [0.2, 0.25) is 5.91 Å². The fourth-order valence-electron chi connectivity index (χ4n) is 4.49. The third-order valence-electron chi connectivity index (χ3n) is 6.40. The van der Waals surface area contributed by atoms with E-state index in [4.69, 9.17) is 17.0 Å². The predicted molar refractivity (Wildman–Crippen MR) is 128 cm³/mol. The molecule has 4 rings (SSSR count). The third kappa shape index (κ3) is 5.85. The van der Waals surface area contributed by atoms with Crippen molar-refractivity contribution in [2.45, 2.75) is 25.4 Å². The molecule has 2 aliphatic heterocycles. The van der Waals surface area contributed by atoms with Crippen LogP contribution in [0.5, 0.6) is 0 Å². The largest absolute Gasteiger partial charge is 0.474 e. The number of amides is 1. The van der Waals surface area contributed by atoms with Crippen LogP contribution in [0.4, 0.5) is 14.5 Å². The van der Waals surface area contributed by atoms with Crippen LogP contribution in [0.15, 0.2) is 18.3 Å². The quantitative estimate of drug-likeness (QED) is 0.522. The molecule has 0 spiro atoms. The number of nitrogens with one attached hydrogen (secondary N) is 1. The van der Waals surface area contributed by atoms with E-state index < -0.39 is 11.6 Å². The zero-order valence-electron chi connectivity index (χ0n) is 19.5. The Morgan fingerprint density at radius 1 is 1.23 bits per heavy atom. The van der Waals surface area contributed by atoms with E-state index in [9.17, 15) is 18.7 Å². The molecule has 0 bridgehead atoms. The fraction of sp³-hybridized carbons (Fsp3) is 0.545. The number of rotatable bonds is 7. The van der Waals surface area contributed by atoms with E-state index in [0.717, 1.165) is 19.4 Å². The molecular weight excluding hydrogens is 480 g/mol. The summed E-state index contributed by atoms with van der Waals surface area (Å²) >= 11 is 4.90. The van der Waals surface area contributed by atoms with Crippen LogP contribution in [-0.4, -0.2) is 100 Å². The summed E-state index contributed by atoms with van der Waals surface area (Å²) in [6.45, 7) is 2.75. The van der Waals surface area contributed by atoms with Crippen LogP contribution in [0.1, 0.15) is 18.5 Å². The number of methoxy groups -OCH3 is 1. The molecule has 3 heterocycles. The van der Waals surface area contributed by atoms with E-state index in [1.165, 1.54) is 23.9 Å². The second kappa shape index (κ2) is 11.2. The number of aromatic nitrogens is 3. The van der Waals surface area contributed by atoms with Gasteiger partial charge < -0.3 is 25.0 Å². The molecule has 10 nitrogen and oxygen atoms in total. The number of nitrogens with zero attached hydrogens (tertiary/aromatic N) is 6. The van der Waals surface area contributed by atoms with Crippen molar-refractivity contribution in [2.75, 3.05) is 57.9 Å². The lowest BCUT2D eigenvalue weighted by molar-refractivity contribution is -0.133. The van der Waals surface area contributed by atoms with Crippen LogP contribution >= 0.6 is 12.2 Å². The Hall–Kier alpha value is -2.90. The van der Waals surface area contributed by atoms with Gasteiger partial charge in [0.05, 0.1) is 38.7 Å². The first-order chi connectivity index (χ1) is 16.9. The zero-order chi connectivity index (χ0) is 24.9. The lowest BCUT2D eigenvalue weighted by Gasteiger charge is -2.37. The van der Waals surface area contributed by atoms with Gasteiger partial charge in [0.25, 0.3) is 5.17 Å². The molecule has 2 fully saturated rings. The summed E-state index contributed by atoms with van der Waals surface area (Å²) in [4.78, 5) is 18.0. The zero-order valence-corrected chi connectivity index (χ0v) is 20.3. The summed E-state index contributed by atoms with van der Waals surface area (Å²) in [5, 5.41) is 20.4. The van der Waals surface area contributed by atoms with E-state index in [1.54, 1.807) is 16.0 Å². The first-order valence-corrected chi connectivity index (χ1v) is 11.9. The van der Waals surface area contributed by atoms with Crippen molar-refractivity contribution in [1.29, 1.82) is 0 Å². The molecule has 2 saturated heterocycles. The maximum absolute atomic E-state index is 15.0. The van der Waals surface area contributed by atoms with E-state index in [1.807, 2.05) is 4.90 Å². The second-order valence-electron chi connectivity index (χ2n) is 8.57. The van der Waals surface area contributed by atoms with Crippen molar-refractivity contribution >= 4 is 29.0 Å². The summed E-state index contributed by atoms with van der Waals surface area (Å²) in [5.41, 5.74) is 0.609. The number of carbonyl (C=O) groups excluding carboxylic acids is 1.